The van der Waals surface area contributed by atoms with Crippen LogP contribution in [-0.2, 0) is 13.6 Å². The molecule has 0 radical (unpaired) electrons. The van der Waals surface area contributed by atoms with Crippen LogP contribution in [0.5, 0.6) is 0 Å². The van der Waals surface area contributed by atoms with Crippen LogP contribution in [0.2, 0.25) is 0 Å². The van der Waals surface area contributed by atoms with Crippen LogP contribution in [0.1, 0.15) is 12.2 Å². The molecule has 1 aromatic rings. The van der Waals surface area contributed by atoms with Crippen LogP contribution in [-0.4, -0.2) is 69.5 Å². The van der Waals surface area contributed by atoms with Gasteiger partial charge in [0.15, 0.2) is 5.82 Å². The van der Waals surface area contributed by atoms with E-state index in [1.807, 2.05) is 0 Å². The first kappa shape index (κ1) is 16.5. The molecule has 0 aliphatic carbocycles. The minimum Gasteiger partial charge on any atom is -0.331 e. The number of aryl methyl sites for hydroxylation is 1. The van der Waals surface area contributed by atoms with Crippen LogP contribution in [0.4, 0.5) is 18.0 Å². The fraction of sp³-hybridized carbons (Fsp3) is 0.750. The standard InChI is InChI=1S/C12H19F3N6O/c1-19-9-17-10(18-19)7-16-11(22)21-4-2-3-20(5-6-21)8-12(13,14)15/h9H,2-8H2,1H3,(H,16,22). The van der Waals surface area contributed by atoms with E-state index in [2.05, 4.69) is 15.4 Å². The minimum absolute atomic E-state index is 0.197. The smallest absolute Gasteiger partial charge is 0.331 e. The Morgan fingerprint density at radius 3 is 2.73 bits per heavy atom. The molecule has 10 heteroatoms. The van der Waals surface area contributed by atoms with Gasteiger partial charge in [-0.2, -0.15) is 18.3 Å². The number of halogens is 3. The van der Waals surface area contributed by atoms with E-state index in [0.29, 0.717) is 25.3 Å². The molecule has 1 aromatic heterocycles. The molecule has 1 fully saturated rings. The van der Waals surface area contributed by atoms with Gasteiger partial charge in [-0.1, -0.05) is 0 Å². The molecular formula is C12H19F3N6O. The number of hydrogen-bond donors (Lipinski definition) is 1. The lowest BCUT2D eigenvalue weighted by Gasteiger charge is -2.22. The van der Waals surface area contributed by atoms with Crippen molar-refractivity contribution in [2.24, 2.45) is 7.05 Å². The summed E-state index contributed by atoms with van der Waals surface area (Å²) in [4.78, 5) is 18.9. The summed E-state index contributed by atoms with van der Waals surface area (Å²) >= 11 is 0. The zero-order chi connectivity index (χ0) is 16.2. The largest absolute Gasteiger partial charge is 0.401 e. The topological polar surface area (TPSA) is 66.3 Å². The second-order valence-electron chi connectivity index (χ2n) is 5.23. The minimum atomic E-state index is -4.21. The maximum absolute atomic E-state index is 12.4. The van der Waals surface area contributed by atoms with Crippen molar-refractivity contribution < 1.29 is 18.0 Å². The van der Waals surface area contributed by atoms with Crippen molar-refractivity contribution in [1.29, 1.82) is 0 Å². The van der Waals surface area contributed by atoms with E-state index in [9.17, 15) is 18.0 Å². The predicted molar refractivity (Wildman–Crippen MR) is 71.9 cm³/mol. The molecule has 2 heterocycles. The van der Waals surface area contributed by atoms with Crippen LogP contribution < -0.4 is 5.32 Å². The molecule has 7 nitrogen and oxygen atoms in total. The van der Waals surface area contributed by atoms with E-state index < -0.39 is 12.7 Å². The molecule has 1 saturated heterocycles. The summed E-state index contributed by atoms with van der Waals surface area (Å²) < 4.78 is 38.7. The number of aromatic nitrogens is 3. The van der Waals surface area contributed by atoms with E-state index >= 15 is 0 Å². The highest BCUT2D eigenvalue weighted by Gasteiger charge is 2.31. The fourth-order valence-corrected chi connectivity index (χ4v) is 2.32. The number of alkyl halides is 3. The molecule has 1 N–H and O–H groups in total. The van der Waals surface area contributed by atoms with Gasteiger partial charge < -0.3 is 10.2 Å². The molecule has 1 aliphatic rings. The lowest BCUT2D eigenvalue weighted by Crippen LogP contribution is -2.42. The number of nitrogens with zero attached hydrogens (tertiary/aromatic N) is 5. The van der Waals surface area contributed by atoms with Crippen molar-refractivity contribution in [3.05, 3.63) is 12.2 Å². The zero-order valence-corrected chi connectivity index (χ0v) is 12.3. The summed E-state index contributed by atoms with van der Waals surface area (Å²) in [7, 11) is 1.72. The summed E-state index contributed by atoms with van der Waals surface area (Å²) in [6.07, 6.45) is -2.16. The number of amides is 2. The Morgan fingerprint density at radius 2 is 2.09 bits per heavy atom. The van der Waals surface area contributed by atoms with E-state index in [0.717, 1.165) is 0 Å². The summed E-state index contributed by atoms with van der Waals surface area (Å²) in [6, 6.07) is -0.304. The van der Waals surface area contributed by atoms with Gasteiger partial charge >= 0.3 is 12.2 Å². The highest BCUT2D eigenvalue weighted by molar-refractivity contribution is 5.74. The van der Waals surface area contributed by atoms with E-state index in [4.69, 9.17) is 0 Å². The third-order valence-corrected chi connectivity index (χ3v) is 3.32. The van der Waals surface area contributed by atoms with Crippen molar-refractivity contribution in [2.75, 3.05) is 32.7 Å². The number of carbonyl (C=O) groups excluding carboxylic acids is 1. The van der Waals surface area contributed by atoms with Gasteiger partial charge in [-0.3, -0.25) is 9.58 Å². The van der Waals surface area contributed by atoms with Gasteiger partial charge in [-0.05, 0) is 6.42 Å². The van der Waals surface area contributed by atoms with E-state index in [1.165, 1.54) is 20.8 Å². The lowest BCUT2D eigenvalue weighted by molar-refractivity contribution is -0.145. The Kier molecular flexibility index (Phi) is 5.22. The molecule has 0 atom stereocenters. The van der Waals surface area contributed by atoms with E-state index in [1.54, 1.807) is 7.05 Å². The van der Waals surface area contributed by atoms with Crippen LogP contribution in [0, 0.1) is 0 Å². The number of nitrogens with one attached hydrogen (secondary N) is 1. The normalized spacial score (nSPS) is 17.4. The Balaban J connectivity index is 1.78. The van der Waals surface area contributed by atoms with E-state index in [-0.39, 0.29) is 25.7 Å². The molecule has 2 amide bonds. The van der Waals surface area contributed by atoms with Gasteiger partial charge in [0.05, 0.1) is 13.1 Å². The molecule has 0 spiro atoms. The molecule has 1 aliphatic heterocycles. The van der Waals surface area contributed by atoms with Crippen LogP contribution >= 0.6 is 0 Å². The van der Waals surface area contributed by atoms with Crippen molar-refractivity contribution >= 4 is 6.03 Å². The number of carbonyl (C=O) groups is 1. The summed E-state index contributed by atoms with van der Waals surface area (Å²) in [5, 5.41) is 6.72. The molecule has 124 valence electrons. The second kappa shape index (κ2) is 6.95. The average molecular weight is 320 g/mol. The van der Waals surface area contributed by atoms with Gasteiger partial charge in [-0.25, -0.2) is 9.78 Å². The van der Waals surface area contributed by atoms with Gasteiger partial charge in [0.25, 0.3) is 0 Å². The molecule has 0 unspecified atom stereocenters. The fourth-order valence-electron chi connectivity index (χ4n) is 2.32. The summed E-state index contributed by atoms with van der Waals surface area (Å²) in [6.45, 7) is 0.538. The molecule has 0 saturated carbocycles. The average Bonchev–Trinajstić information content (AvgIpc) is 2.69. The molecule has 22 heavy (non-hydrogen) atoms. The highest BCUT2D eigenvalue weighted by atomic mass is 19.4. The summed E-state index contributed by atoms with van der Waals surface area (Å²) in [5.74, 6) is 0.490. The number of urea groups is 1. The number of rotatable bonds is 3. The van der Waals surface area contributed by atoms with Gasteiger partial charge in [0, 0.05) is 33.2 Å². The lowest BCUT2D eigenvalue weighted by atomic mass is 10.4. The maximum Gasteiger partial charge on any atom is 0.401 e. The molecule has 2 rings (SSSR count). The third-order valence-electron chi connectivity index (χ3n) is 3.32. The Morgan fingerprint density at radius 1 is 1.32 bits per heavy atom. The van der Waals surface area contributed by atoms with Gasteiger partial charge in [0.2, 0.25) is 0 Å². The summed E-state index contributed by atoms with van der Waals surface area (Å²) in [5.41, 5.74) is 0. The number of hydrogen-bond acceptors (Lipinski definition) is 4. The predicted octanol–water partition coefficient (Wildman–Crippen LogP) is 0.595. The highest BCUT2D eigenvalue weighted by Crippen LogP contribution is 2.17. The molecular weight excluding hydrogens is 301 g/mol. The van der Waals surface area contributed by atoms with Crippen molar-refractivity contribution in [1.82, 2.24) is 29.9 Å². The Bertz CT molecular complexity index is 503. The van der Waals surface area contributed by atoms with Gasteiger partial charge in [0.1, 0.15) is 6.33 Å². The third kappa shape index (κ3) is 5.17. The monoisotopic (exact) mass is 320 g/mol. The zero-order valence-electron chi connectivity index (χ0n) is 12.3. The van der Waals surface area contributed by atoms with Crippen molar-refractivity contribution in [3.63, 3.8) is 0 Å². The van der Waals surface area contributed by atoms with Crippen LogP contribution in [0.3, 0.4) is 0 Å². The quantitative estimate of drug-likeness (QED) is 0.885. The van der Waals surface area contributed by atoms with Crippen LogP contribution in [0.15, 0.2) is 6.33 Å². The first-order chi connectivity index (χ1) is 10.3. The molecule has 0 aromatic carbocycles. The van der Waals surface area contributed by atoms with Crippen molar-refractivity contribution in [3.8, 4) is 0 Å². The first-order valence-corrected chi connectivity index (χ1v) is 7.00. The maximum atomic E-state index is 12.4. The molecule has 0 bridgehead atoms. The first-order valence-electron chi connectivity index (χ1n) is 7.00. The second-order valence-corrected chi connectivity index (χ2v) is 5.23. The van der Waals surface area contributed by atoms with Gasteiger partial charge in [-0.15, -0.1) is 0 Å². The van der Waals surface area contributed by atoms with Crippen LogP contribution in [0.25, 0.3) is 0 Å². The Hall–Kier alpha value is -1.84. The Labute approximate surface area is 126 Å². The van der Waals surface area contributed by atoms with Crippen molar-refractivity contribution in [2.45, 2.75) is 19.1 Å². The SMILES string of the molecule is Cn1cnc(CNC(=O)N2CCCN(CC(F)(F)F)CC2)n1.